The van der Waals surface area contributed by atoms with Crippen LogP contribution in [-0.4, -0.2) is 38.4 Å². The van der Waals surface area contributed by atoms with E-state index < -0.39 is 0 Å². The maximum atomic E-state index is 11.6. The first kappa shape index (κ1) is 15.5. The number of carbonyl (C=O) groups is 2. The van der Waals surface area contributed by atoms with Gasteiger partial charge in [0, 0.05) is 26.4 Å². The normalized spacial score (nSPS) is 12.2. The SMILES string of the molecule is CCNC(=O)[C@@H](C)Sc1nnc(CCC(N)=O)n1C. The molecule has 0 aromatic carbocycles. The van der Waals surface area contributed by atoms with Gasteiger partial charge in [-0.05, 0) is 13.8 Å². The Kier molecular flexibility index (Phi) is 5.81. The van der Waals surface area contributed by atoms with Crippen LogP contribution >= 0.6 is 11.8 Å². The summed E-state index contributed by atoms with van der Waals surface area (Å²) < 4.78 is 1.78. The number of aromatic nitrogens is 3. The molecule has 0 bridgehead atoms. The Labute approximate surface area is 116 Å². The van der Waals surface area contributed by atoms with E-state index in [0.29, 0.717) is 23.9 Å². The summed E-state index contributed by atoms with van der Waals surface area (Å²) in [6, 6.07) is 0. The zero-order valence-corrected chi connectivity index (χ0v) is 12.2. The van der Waals surface area contributed by atoms with Crippen molar-refractivity contribution in [3.05, 3.63) is 5.82 Å². The van der Waals surface area contributed by atoms with Gasteiger partial charge in [-0.15, -0.1) is 10.2 Å². The Morgan fingerprint density at radius 2 is 2.16 bits per heavy atom. The van der Waals surface area contributed by atoms with Crippen molar-refractivity contribution >= 4 is 23.6 Å². The van der Waals surface area contributed by atoms with Gasteiger partial charge in [0.05, 0.1) is 5.25 Å². The second-order valence-corrected chi connectivity index (χ2v) is 5.39. The average Bonchev–Trinajstić information content (AvgIpc) is 2.68. The minimum absolute atomic E-state index is 0.0332. The van der Waals surface area contributed by atoms with Crippen LogP contribution in [0.25, 0.3) is 0 Å². The zero-order valence-electron chi connectivity index (χ0n) is 11.3. The van der Waals surface area contributed by atoms with E-state index in [1.807, 2.05) is 20.9 Å². The van der Waals surface area contributed by atoms with E-state index in [1.165, 1.54) is 11.8 Å². The Morgan fingerprint density at radius 1 is 1.47 bits per heavy atom. The van der Waals surface area contributed by atoms with Crippen molar-refractivity contribution in [2.75, 3.05) is 6.54 Å². The van der Waals surface area contributed by atoms with Crippen LogP contribution in [0.1, 0.15) is 26.1 Å². The molecule has 1 atom stereocenters. The Morgan fingerprint density at radius 3 is 2.74 bits per heavy atom. The van der Waals surface area contributed by atoms with E-state index in [0.717, 1.165) is 0 Å². The van der Waals surface area contributed by atoms with Gasteiger partial charge in [-0.2, -0.15) is 0 Å². The fourth-order valence-corrected chi connectivity index (χ4v) is 2.29. The molecule has 0 fully saturated rings. The Hall–Kier alpha value is -1.57. The molecule has 0 aliphatic heterocycles. The number of nitrogens with zero attached hydrogens (tertiary/aromatic N) is 3. The summed E-state index contributed by atoms with van der Waals surface area (Å²) in [6.45, 7) is 4.29. The molecule has 1 aromatic rings. The molecule has 0 radical (unpaired) electrons. The number of hydrogen-bond donors (Lipinski definition) is 2. The lowest BCUT2D eigenvalue weighted by atomic mass is 10.3. The van der Waals surface area contributed by atoms with E-state index >= 15 is 0 Å². The molecule has 1 rings (SSSR count). The molecule has 8 heteroatoms. The van der Waals surface area contributed by atoms with Crippen molar-refractivity contribution < 1.29 is 9.59 Å². The summed E-state index contributed by atoms with van der Waals surface area (Å²) in [6.07, 6.45) is 0.692. The van der Waals surface area contributed by atoms with Gasteiger partial charge >= 0.3 is 0 Å². The molecular weight excluding hydrogens is 266 g/mol. The van der Waals surface area contributed by atoms with E-state index in [2.05, 4.69) is 15.5 Å². The summed E-state index contributed by atoms with van der Waals surface area (Å²) in [7, 11) is 1.81. The predicted octanol–water partition coefficient (Wildman–Crippen LogP) is -0.150. The van der Waals surface area contributed by atoms with Crippen molar-refractivity contribution in [3.63, 3.8) is 0 Å². The monoisotopic (exact) mass is 285 g/mol. The first-order valence-electron chi connectivity index (χ1n) is 6.06. The van der Waals surface area contributed by atoms with Gasteiger partial charge in [0.2, 0.25) is 11.8 Å². The van der Waals surface area contributed by atoms with E-state index in [4.69, 9.17) is 5.73 Å². The van der Waals surface area contributed by atoms with Gasteiger partial charge in [-0.1, -0.05) is 11.8 Å². The van der Waals surface area contributed by atoms with Crippen LogP contribution in [0.2, 0.25) is 0 Å². The van der Waals surface area contributed by atoms with Crippen LogP contribution in [-0.2, 0) is 23.1 Å². The lowest BCUT2D eigenvalue weighted by Crippen LogP contribution is -2.30. The molecule has 1 aromatic heterocycles. The minimum Gasteiger partial charge on any atom is -0.370 e. The largest absolute Gasteiger partial charge is 0.370 e. The lowest BCUT2D eigenvalue weighted by molar-refractivity contribution is -0.120. The van der Waals surface area contributed by atoms with Crippen molar-refractivity contribution in [3.8, 4) is 0 Å². The second kappa shape index (κ2) is 7.13. The smallest absolute Gasteiger partial charge is 0.233 e. The van der Waals surface area contributed by atoms with Crippen LogP contribution < -0.4 is 11.1 Å². The highest BCUT2D eigenvalue weighted by Crippen LogP contribution is 2.21. The third kappa shape index (κ3) is 4.55. The molecule has 1 heterocycles. The summed E-state index contributed by atoms with van der Waals surface area (Å²) in [5.74, 6) is 0.284. The molecule has 19 heavy (non-hydrogen) atoms. The highest BCUT2D eigenvalue weighted by Gasteiger charge is 2.18. The van der Waals surface area contributed by atoms with Gasteiger partial charge in [-0.25, -0.2) is 0 Å². The second-order valence-electron chi connectivity index (χ2n) is 4.08. The summed E-state index contributed by atoms with van der Waals surface area (Å²) in [5, 5.41) is 11.2. The molecule has 0 saturated carbocycles. The molecule has 7 nitrogen and oxygen atoms in total. The fourth-order valence-electron chi connectivity index (χ4n) is 1.43. The first-order chi connectivity index (χ1) is 8.95. The number of rotatable bonds is 7. The third-order valence-corrected chi connectivity index (χ3v) is 3.66. The number of amides is 2. The van der Waals surface area contributed by atoms with Gasteiger partial charge < -0.3 is 15.6 Å². The zero-order chi connectivity index (χ0) is 14.4. The number of thioether (sulfide) groups is 1. The number of hydrogen-bond acceptors (Lipinski definition) is 5. The minimum atomic E-state index is -0.368. The van der Waals surface area contributed by atoms with Crippen molar-refractivity contribution in [1.82, 2.24) is 20.1 Å². The number of nitrogens with two attached hydrogens (primary N) is 1. The molecular formula is C11H19N5O2S. The summed E-state index contributed by atoms with van der Waals surface area (Å²) >= 11 is 1.33. The molecule has 2 amide bonds. The molecule has 3 N–H and O–H groups in total. The van der Waals surface area contributed by atoms with Gasteiger partial charge in [0.15, 0.2) is 5.16 Å². The molecule has 106 valence electrons. The van der Waals surface area contributed by atoms with Crippen molar-refractivity contribution in [2.24, 2.45) is 12.8 Å². The highest BCUT2D eigenvalue weighted by atomic mass is 32.2. The van der Waals surface area contributed by atoms with Crippen molar-refractivity contribution in [2.45, 2.75) is 37.1 Å². The van der Waals surface area contributed by atoms with Gasteiger partial charge in [0.25, 0.3) is 0 Å². The first-order valence-corrected chi connectivity index (χ1v) is 6.94. The van der Waals surface area contributed by atoms with E-state index in [1.54, 1.807) is 4.57 Å². The maximum Gasteiger partial charge on any atom is 0.233 e. The Balaban J connectivity index is 2.64. The predicted molar refractivity (Wildman–Crippen MR) is 72.5 cm³/mol. The van der Waals surface area contributed by atoms with Crippen LogP contribution in [0, 0.1) is 0 Å². The summed E-state index contributed by atoms with van der Waals surface area (Å²) in [4.78, 5) is 22.4. The lowest BCUT2D eigenvalue weighted by Gasteiger charge is -2.10. The number of carbonyl (C=O) groups excluding carboxylic acids is 2. The standard InChI is InChI=1S/C11H19N5O2S/c1-4-13-10(18)7(2)19-11-15-14-9(16(11)3)6-5-8(12)17/h7H,4-6H2,1-3H3,(H2,12,17)(H,13,18)/t7-/m1/s1. The van der Waals surface area contributed by atoms with Crippen LogP contribution in [0.3, 0.4) is 0 Å². The number of primary amides is 1. The molecule has 0 unspecified atom stereocenters. The van der Waals surface area contributed by atoms with E-state index in [-0.39, 0.29) is 23.5 Å². The molecule has 0 aliphatic carbocycles. The molecule has 0 aliphatic rings. The fraction of sp³-hybridized carbons (Fsp3) is 0.636. The Bertz CT molecular complexity index is 460. The summed E-state index contributed by atoms with van der Waals surface area (Å²) in [5.41, 5.74) is 5.10. The average molecular weight is 285 g/mol. The topological polar surface area (TPSA) is 103 Å². The number of aryl methyl sites for hydroxylation is 1. The van der Waals surface area contributed by atoms with Gasteiger partial charge in [-0.3, -0.25) is 9.59 Å². The van der Waals surface area contributed by atoms with Crippen LogP contribution in [0.5, 0.6) is 0 Å². The van der Waals surface area contributed by atoms with Crippen molar-refractivity contribution in [1.29, 1.82) is 0 Å². The highest BCUT2D eigenvalue weighted by molar-refractivity contribution is 8.00. The van der Waals surface area contributed by atoms with E-state index in [9.17, 15) is 9.59 Å². The third-order valence-electron chi connectivity index (χ3n) is 2.52. The molecule has 0 saturated heterocycles. The molecule has 0 spiro atoms. The maximum absolute atomic E-state index is 11.6. The van der Waals surface area contributed by atoms with Gasteiger partial charge in [0.1, 0.15) is 5.82 Å². The quantitative estimate of drug-likeness (QED) is 0.678. The number of nitrogens with one attached hydrogen (secondary N) is 1. The van der Waals surface area contributed by atoms with Crippen LogP contribution in [0.15, 0.2) is 5.16 Å². The van der Waals surface area contributed by atoms with Crippen LogP contribution in [0.4, 0.5) is 0 Å².